The second kappa shape index (κ2) is 5.06. The lowest BCUT2D eigenvalue weighted by Gasteiger charge is -2.44. The Kier molecular flexibility index (Phi) is 3.56. The average molecular weight is 284 g/mol. The highest BCUT2D eigenvalue weighted by molar-refractivity contribution is 8.00. The molecule has 2 fully saturated rings. The zero-order valence-corrected chi connectivity index (χ0v) is 11.5. The molecule has 0 aliphatic carbocycles. The van der Waals surface area contributed by atoms with E-state index in [9.17, 15) is 13.9 Å². The first-order chi connectivity index (χ1) is 9.08. The summed E-state index contributed by atoms with van der Waals surface area (Å²) in [4.78, 5) is 0. The zero-order valence-electron chi connectivity index (χ0n) is 10.7. The van der Waals surface area contributed by atoms with Crippen molar-refractivity contribution in [2.45, 2.75) is 54.6 Å². The molecular formula is C15H18F2OS. The average Bonchev–Trinajstić information content (AvgIpc) is 2.38. The molecule has 19 heavy (non-hydrogen) atoms. The summed E-state index contributed by atoms with van der Waals surface area (Å²) in [5.74, 6) is 0. The van der Waals surface area contributed by atoms with Crippen LogP contribution in [0, 0.1) is 0 Å². The molecule has 104 valence electrons. The first kappa shape index (κ1) is 13.4. The van der Waals surface area contributed by atoms with Crippen molar-refractivity contribution in [1.29, 1.82) is 0 Å². The van der Waals surface area contributed by atoms with Gasteiger partial charge in [0, 0.05) is 16.1 Å². The van der Waals surface area contributed by atoms with Crippen LogP contribution in [0.3, 0.4) is 0 Å². The van der Waals surface area contributed by atoms with E-state index in [1.165, 1.54) is 12.5 Å². The van der Waals surface area contributed by atoms with E-state index in [1.807, 2.05) is 11.8 Å². The molecule has 2 saturated heterocycles. The third-order valence-electron chi connectivity index (χ3n) is 4.27. The number of hydrogen-bond donors (Lipinski definition) is 1. The molecule has 2 aliphatic heterocycles. The predicted molar refractivity (Wildman–Crippen MR) is 73.5 cm³/mol. The SMILES string of the molecule is OC1(c2ccccc2C(F)F)CC2CCCC(C1)S2. The molecule has 1 N–H and O–H groups in total. The monoisotopic (exact) mass is 284 g/mol. The molecule has 0 saturated carbocycles. The van der Waals surface area contributed by atoms with Gasteiger partial charge >= 0.3 is 0 Å². The molecule has 3 rings (SSSR count). The van der Waals surface area contributed by atoms with E-state index in [2.05, 4.69) is 0 Å². The normalized spacial score (nSPS) is 34.5. The Bertz CT molecular complexity index is 451. The molecule has 0 aromatic heterocycles. The molecule has 2 unspecified atom stereocenters. The van der Waals surface area contributed by atoms with Gasteiger partial charge in [-0.3, -0.25) is 0 Å². The second-order valence-corrected chi connectivity index (χ2v) is 7.24. The fourth-order valence-electron chi connectivity index (χ4n) is 3.45. The Balaban J connectivity index is 1.96. The van der Waals surface area contributed by atoms with Crippen LogP contribution in [0.4, 0.5) is 8.78 Å². The third-order valence-corrected chi connectivity index (χ3v) is 5.84. The molecule has 1 nitrogen and oxygen atoms in total. The van der Waals surface area contributed by atoms with Crippen LogP contribution < -0.4 is 0 Å². The minimum absolute atomic E-state index is 0.00465. The van der Waals surface area contributed by atoms with Crippen molar-refractivity contribution in [3.8, 4) is 0 Å². The Hall–Kier alpha value is -0.610. The van der Waals surface area contributed by atoms with Crippen LogP contribution in [0.25, 0.3) is 0 Å². The van der Waals surface area contributed by atoms with E-state index in [-0.39, 0.29) is 5.56 Å². The summed E-state index contributed by atoms with van der Waals surface area (Å²) in [6, 6.07) is 6.48. The minimum Gasteiger partial charge on any atom is -0.385 e. The lowest BCUT2D eigenvalue weighted by Crippen LogP contribution is -2.41. The molecule has 4 heteroatoms. The van der Waals surface area contributed by atoms with Gasteiger partial charge in [-0.2, -0.15) is 11.8 Å². The first-order valence-corrected chi connectivity index (χ1v) is 7.78. The maximum absolute atomic E-state index is 13.1. The summed E-state index contributed by atoms with van der Waals surface area (Å²) < 4.78 is 26.3. The van der Waals surface area contributed by atoms with Gasteiger partial charge in [0.2, 0.25) is 0 Å². The van der Waals surface area contributed by atoms with Crippen molar-refractivity contribution in [3.05, 3.63) is 35.4 Å². The van der Waals surface area contributed by atoms with Crippen molar-refractivity contribution >= 4 is 11.8 Å². The summed E-state index contributed by atoms with van der Waals surface area (Å²) in [6.07, 6.45) is 2.10. The zero-order chi connectivity index (χ0) is 13.5. The molecule has 2 aliphatic rings. The number of benzene rings is 1. The van der Waals surface area contributed by atoms with Crippen molar-refractivity contribution in [1.82, 2.24) is 0 Å². The Morgan fingerprint density at radius 1 is 1.16 bits per heavy atom. The molecule has 2 atom stereocenters. The summed E-state index contributed by atoms with van der Waals surface area (Å²) >= 11 is 1.94. The van der Waals surface area contributed by atoms with E-state index in [0.717, 1.165) is 12.8 Å². The summed E-state index contributed by atoms with van der Waals surface area (Å²) in [7, 11) is 0. The molecule has 0 amide bonds. The van der Waals surface area contributed by atoms with Gasteiger partial charge in [-0.15, -0.1) is 0 Å². The Morgan fingerprint density at radius 2 is 1.79 bits per heavy atom. The number of alkyl halides is 2. The van der Waals surface area contributed by atoms with E-state index >= 15 is 0 Å². The lowest BCUT2D eigenvalue weighted by molar-refractivity contribution is 0.00400. The van der Waals surface area contributed by atoms with Crippen LogP contribution in [0.5, 0.6) is 0 Å². The highest BCUT2D eigenvalue weighted by Crippen LogP contribution is 2.50. The number of thioether (sulfide) groups is 1. The van der Waals surface area contributed by atoms with E-state index in [1.54, 1.807) is 18.2 Å². The minimum atomic E-state index is -2.52. The van der Waals surface area contributed by atoms with Gasteiger partial charge in [0.15, 0.2) is 0 Å². The maximum atomic E-state index is 13.1. The Labute approximate surface area is 116 Å². The summed E-state index contributed by atoms with van der Waals surface area (Å²) in [6.45, 7) is 0. The highest BCUT2D eigenvalue weighted by atomic mass is 32.2. The van der Waals surface area contributed by atoms with Crippen LogP contribution in [0.15, 0.2) is 24.3 Å². The molecule has 1 aromatic rings. The van der Waals surface area contributed by atoms with Crippen LogP contribution in [-0.2, 0) is 5.60 Å². The fraction of sp³-hybridized carbons (Fsp3) is 0.600. The van der Waals surface area contributed by atoms with E-state index in [0.29, 0.717) is 28.9 Å². The topological polar surface area (TPSA) is 20.2 Å². The number of fused-ring (bicyclic) bond motifs is 2. The summed E-state index contributed by atoms with van der Waals surface area (Å²) in [5.41, 5.74) is -0.620. The van der Waals surface area contributed by atoms with Crippen molar-refractivity contribution in [2.75, 3.05) is 0 Å². The molecule has 1 aromatic carbocycles. The molecule has 0 spiro atoms. The van der Waals surface area contributed by atoms with Crippen LogP contribution >= 0.6 is 11.8 Å². The van der Waals surface area contributed by atoms with Crippen LogP contribution in [0.1, 0.15) is 49.7 Å². The van der Waals surface area contributed by atoms with Gasteiger partial charge in [-0.05, 0) is 31.2 Å². The van der Waals surface area contributed by atoms with E-state index < -0.39 is 12.0 Å². The smallest absolute Gasteiger partial charge is 0.264 e. The standard InChI is InChI=1S/C15H18F2OS/c16-14(17)12-6-1-2-7-13(12)15(18)8-10-4-3-5-11(9-15)19-10/h1-2,6-7,10-11,14,18H,3-5,8-9H2. The molecule has 2 bridgehead atoms. The quantitative estimate of drug-likeness (QED) is 0.875. The van der Waals surface area contributed by atoms with Gasteiger partial charge in [0.1, 0.15) is 0 Å². The van der Waals surface area contributed by atoms with Crippen molar-refractivity contribution < 1.29 is 13.9 Å². The van der Waals surface area contributed by atoms with Crippen molar-refractivity contribution in [2.24, 2.45) is 0 Å². The summed E-state index contributed by atoms with van der Waals surface area (Å²) in [5, 5.41) is 11.8. The third kappa shape index (κ3) is 2.52. The largest absolute Gasteiger partial charge is 0.385 e. The predicted octanol–water partition coefficient (Wildman–Crippen LogP) is 4.26. The first-order valence-electron chi connectivity index (χ1n) is 6.84. The number of rotatable bonds is 2. The number of hydrogen-bond acceptors (Lipinski definition) is 2. The van der Waals surface area contributed by atoms with Gasteiger partial charge in [-0.1, -0.05) is 30.7 Å². The number of halogens is 2. The van der Waals surface area contributed by atoms with Crippen molar-refractivity contribution in [3.63, 3.8) is 0 Å². The molecular weight excluding hydrogens is 266 g/mol. The molecule has 2 heterocycles. The van der Waals surface area contributed by atoms with Crippen LogP contribution in [0.2, 0.25) is 0 Å². The van der Waals surface area contributed by atoms with Gasteiger partial charge < -0.3 is 5.11 Å². The number of aliphatic hydroxyl groups is 1. The van der Waals surface area contributed by atoms with Gasteiger partial charge in [0.25, 0.3) is 6.43 Å². The lowest BCUT2D eigenvalue weighted by atomic mass is 9.79. The van der Waals surface area contributed by atoms with Gasteiger partial charge in [-0.25, -0.2) is 8.78 Å². The van der Waals surface area contributed by atoms with E-state index in [4.69, 9.17) is 0 Å². The van der Waals surface area contributed by atoms with Gasteiger partial charge in [0.05, 0.1) is 5.60 Å². The fourth-order valence-corrected chi connectivity index (χ4v) is 5.34. The Morgan fingerprint density at radius 3 is 2.42 bits per heavy atom. The molecule has 0 radical (unpaired) electrons. The maximum Gasteiger partial charge on any atom is 0.264 e. The highest BCUT2D eigenvalue weighted by Gasteiger charge is 2.43. The second-order valence-electron chi connectivity index (χ2n) is 5.64. The van der Waals surface area contributed by atoms with Crippen LogP contribution in [-0.4, -0.2) is 15.6 Å².